The van der Waals surface area contributed by atoms with Crippen molar-refractivity contribution in [1.82, 2.24) is 9.88 Å². The second kappa shape index (κ2) is 6.24. The maximum Gasteiger partial charge on any atom is 0.407 e. The molecule has 6 heteroatoms. The Morgan fingerprint density at radius 1 is 1.44 bits per heavy atom. The number of fused-ring (bicyclic) bond motifs is 3. The standard InChI is InChI=1S/C19H25FN2O3/c1-11(21-18(24)25-19(2,3)4)8-12-13-9-17(23)14(20)10-16(13)22-7-5-6-15(12)22/h9-11,23H,5-8H2,1-4H3,(H,21,24)/t11-/m0/s1. The average Bonchev–Trinajstić information content (AvgIpc) is 3.02. The maximum absolute atomic E-state index is 13.8. The van der Waals surface area contributed by atoms with E-state index in [9.17, 15) is 14.3 Å². The van der Waals surface area contributed by atoms with Crippen LogP contribution in [0.2, 0.25) is 0 Å². The molecule has 1 atom stereocenters. The van der Waals surface area contributed by atoms with Gasteiger partial charge in [0.1, 0.15) is 5.60 Å². The second-order valence-electron chi connectivity index (χ2n) is 7.75. The predicted octanol–water partition coefficient (Wildman–Crippen LogP) is 3.89. The lowest BCUT2D eigenvalue weighted by Crippen LogP contribution is -2.38. The van der Waals surface area contributed by atoms with E-state index in [-0.39, 0.29) is 11.8 Å². The van der Waals surface area contributed by atoms with Crippen LogP contribution < -0.4 is 5.32 Å². The molecule has 1 aliphatic heterocycles. The highest BCUT2D eigenvalue weighted by Crippen LogP contribution is 2.35. The van der Waals surface area contributed by atoms with Crippen LogP contribution in [0.3, 0.4) is 0 Å². The lowest BCUT2D eigenvalue weighted by Gasteiger charge is -2.22. The van der Waals surface area contributed by atoms with Crippen LogP contribution in [0.15, 0.2) is 12.1 Å². The van der Waals surface area contributed by atoms with Crippen LogP contribution >= 0.6 is 0 Å². The van der Waals surface area contributed by atoms with Crippen molar-refractivity contribution < 1.29 is 19.0 Å². The van der Waals surface area contributed by atoms with Gasteiger partial charge < -0.3 is 19.7 Å². The predicted molar refractivity (Wildman–Crippen MR) is 94.4 cm³/mol. The monoisotopic (exact) mass is 348 g/mol. The molecule has 1 aromatic heterocycles. The number of aromatic nitrogens is 1. The summed E-state index contributed by atoms with van der Waals surface area (Å²) < 4.78 is 21.2. The van der Waals surface area contributed by atoms with E-state index in [1.54, 1.807) is 0 Å². The summed E-state index contributed by atoms with van der Waals surface area (Å²) in [5, 5.41) is 13.5. The lowest BCUT2D eigenvalue weighted by molar-refractivity contribution is 0.0508. The van der Waals surface area contributed by atoms with Crippen molar-refractivity contribution in [2.75, 3.05) is 0 Å². The number of carbonyl (C=O) groups excluding carboxylic acids is 1. The van der Waals surface area contributed by atoms with Crippen LogP contribution in [0.4, 0.5) is 9.18 Å². The molecule has 2 heterocycles. The molecule has 0 fully saturated rings. The normalized spacial score (nSPS) is 15.2. The Bertz CT molecular complexity index is 820. The Kier molecular flexibility index (Phi) is 4.39. The summed E-state index contributed by atoms with van der Waals surface area (Å²) in [6.07, 6.45) is 2.10. The third kappa shape index (κ3) is 3.57. The van der Waals surface area contributed by atoms with Crippen LogP contribution in [0, 0.1) is 5.82 Å². The highest BCUT2D eigenvalue weighted by molar-refractivity contribution is 5.87. The van der Waals surface area contributed by atoms with Crippen molar-refractivity contribution in [2.24, 2.45) is 0 Å². The number of nitrogens with zero attached hydrogens (tertiary/aromatic N) is 1. The summed E-state index contributed by atoms with van der Waals surface area (Å²) in [6.45, 7) is 8.23. The van der Waals surface area contributed by atoms with Crippen LogP contribution in [-0.2, 0) is 24.1 Å². The van der Waals surface area contributed by atoms with Crippen LogP contribution in [0.1, 0.15) is 45.4 Å². The molecule has 25 heavy (non-hydrogen) atoms. The number of hydrogen-bond acceptors (Lipinski definition) is 3. The number of carbonyl (C=O) groups is 1. The number of rotatable bonds is 3. The first-order chi connectivity index (χ1) is 11.7. The number of alkyl carbamates (subject to hydrolysis) is 1. The first kappa shape index (κ1) is 17.6. The Balaban J connectivity index is 1.86. The van der Waals surface area contributed by atoms with Crippen LogP contribution in [0.25, 0.3) is 10.9 Å². The van der Waals surface area contributed by atoms with Crippen molar-refractivity contribution in [3.63, 3.8) is 0 Å². The number of hydrogen-bond donors (Lipinski definition) is 2. The van der Waals surface area contributed by atoms with Gasteiger partial charge in [-0.1, -0.05) is 0 Å². The largest absolute Gasteiger partial charge is 0.505 e. The number of aryl methyl sites for hydroxylation is 1. The minimum Gasteiger partial charge on any atom is -0.505 e. The van der Waals surface area contributed by atoms with Crippen LogP contribution in [-0.4, -0.2) is 27.4 Å². The van der Waals surface area contributed by atoms with E-state index in [1.807, 2.05) is 27.7 Å². The quantitative estimate of drug-likeness (QED) is 0.884. The molecule has 0 saturated heterocycles. The SMILES string of the molecule is C[C@@H](Cc1c2n(c3cc(F)c(O)cc13)CCC2)NC(=O)OC(C)(C)C. The highest BCUT2D eigenvalue weighted by atomic mass is 19.1. The van der Waals surface area contributed by atoms with E-state index >= 15 is 0 Å². The third-order valence-electron chi connectivity index (χ3n) is 4.42. The molecule has 0 saturated carbocycles. The Morgan fingerprint density at radius 3 is 2.84 bits per heavy atom. The molecule has 0 radical (unpaired) electrons. The zero-order valence-corrected chi connectivity index (χ0v) is 15.1. The molecule has 1 aliphatic rings. The summed E-state index contributed by atoms with van der Waals surface area (Å²) in [7, 11) is 0. The van der Waals surface area contributed by atoms with Gasteiger partial charge in [-0.2, -0.15) is 0 Å². The fourth-order valence-corrected chi connectivity index (χ4v) is 3.52. The number of phenols is 1. The number of halogens is 1. The summed E-state index contributed by atoms with van der Waals surface area (Å²) in [5.74, 6) is -0.947. The second-order valence-corrected chi connectivity index (χ2v) is 7.75. The van der Waals surface area contributed by atoms with E-state index in [0.29, 0.717) is 6.42 Å². The summed E-state index contributed by atoms with van der Waals surface area (Å²) in [6, 6.07) is 2.75. The van der Waals surface area contributed by atoms with Gasteiger partial charge in [0.2, 0.25) is 0 Å². The minimum absolute atomic E-state index is 0.141. The number of aromatic hydroxyl groups is 1. The Labute approximate surface area is 146 Å². The van der Waals surface area contributed by atoms with Crippen molar-refractivity contribution >= 4 is 17.0 Å². The van der Waals surface area contributed by atoms with Crippen LogP contribution in [0.5, 0.6) is 5.75 Å². The molecule has 2 aromatic rings. The van der Waals surface area contributed by atoms with E-state index in [0.717, 1.165) is 41.5 Å². The molecule has 1 amide bonds. The molecule has 0 spiro atoms. The van der Waals surface area contributed by atoms with Gasteiger partial charge in [-0.15, -0.1) is 0 Å². The summed E-state index contributed by atoms with van der Waals surface area (Å²) in [5.41, 5.74) is 2.49. The zero-order chi connectivity index (χ0) is 18.4. The molecule has 1 aromatic carbocycles. The fraction of sp³-hybridized carbons (Fsp3) is 0.526. The summed E-state index contributed by atoms with van der Waals surface area (Å²) >= 11 is 0. The minimum atomic E-state index is -0.605. The number of amides is 1. The number of phenolic OH excluding ortho intramolecular Hbond substituents is 1. The van der Waals surface area contributed by atoms with Crippen molar-refractivity contribution in [3.05, 3.63) is 29.2 Å². The van der Waals surface area contributed by atoms with Gasteiger partial charge in [0, 0.05) is 29.7 Å². The Hall–Kier alpha value is -2.24. The first-order valence-electron chi connectivity index (χ1n) is 8.67. The van der Waals surface area contributed by atoms with Gasteiger partial charge in [0.15, 0.2) is 11.6 Å². The molecular formula is C19H25FN2O3. The van der Waals surface area contributed by atoms with Crippen molar-refractivity contribution in [1.29, 1.82) is 0 Å². The Morgan fingerprint density at radius 2 is 2.16 bits per heavy atom. The fourth-order valence-electron chi connectivity index (χ4n) is 3.52. The van der Waals surface area contributed by atoms with E-state index in [1.165, 1.54) is 12.1 Å². The van der Waals surface area contributed by atoms with Gasteiger partial charge in [0.05, 0.1) is 5.52 Å². The molecule has 0 bridgehead atoms. The van der Waals surface area contributed by atoms with Crippen molar-refractivity contribution in [3.8, 4) is 5.75 Å². The molecule has 2 N–H and O–H groups in total. The first-order valence-corrected chi connectivity index (χ1v) is 8.67. The third-order valence-corrected chi connectivity index (χ3v) is 4.42. The van der Waals surface area contributed by atoms with Gasteiger partial charge in [-0.25, -0.2) is 9.18 Å². The van der Waals surface area contributed by atoms with Gasteiger partial charge in [0.25, 0.3) is 0 Å². The van der Waals surface area contributed by atoms with E-state index in [4.69, 9.17) is 4.74 Å². The topological polar surface area (TPSA) is 63.5 Å². The molecular weight excluding hydrogens is 323 g/mol. The van der Waals surface area contributed by atoms with E-state index < -0.39 is 17.5 Å². The number of ether oxygens (including phenoxy) is 1. The smallest absolute Gasteiger partial charge is 0.407 e. The number of benzene rings is 1. The van der Waals surface area contributed by atoms with Gasteiger partial charge in [-0.05, 0) is 58.6 Å². The average molecular weight is 348 g/mol. The van der Waals surface area contributed by atoms with E-state index in [2.05, 4.69) is 9.88 Å². The molecule has 5 nitrogen and oxygen atoms in total. The van der Waals surface area contributed by atoms with Gasteiger partial charge in [-0.3, -0.25) is 0 Å². The lowest BCUT2D eigenvalue weighted by atomic mass is 10.0. The van der Waals surface area contributed by atoms with Crippen molar-refractivity contribution in [2.45, 2.75) is 65.1 Å². The zero-order valence-electron chi connectivity index (χ0n) is 15.1. The molecule has 0 aliphatic carbocycles. The number of nitrogens with one attached hydrogen (secondary N) is 1. The van der Waals surface area contributed by atoms with Gasteiger partial charge >= 0.3 is 6.09 Å². The molecule has 136 valence electrons. The molecule has 3 rings (SSSR count). The molecule has 0 unspecified atom stereocenters. The maximum atomic E-state index is 13.8. The highest BCUT2D eigenvalue weighted by Gasteiger charge is 2.25. The summed E-state index contributed by atoms with van der Waals surface area (Å²) in [4.78, 5) is 12.0.